The van der Waals surface area contributed by atoms with E-state index >= 15 is 0 Å². The number of hydrogen-bond donors (Lipinski definition) is 2. The Morgan fingerprint density at radius 3 is 2.83 bits per heavy atom. The molecule has 3 N–H and O–H groups in total. The number of ether oxygens (including phenoxy) is 1. The first-order chi connectivity index (χ1) is 8.61. The van der Waals surface area contributed by atoms with Gasteiger partial charge in [-0.15, -0.1) is 0 Å². The molecule has 18 heavy (non-hydrogen) atoms. The van der Waals surface area contributed by atoms with E-state index in [4.69, 9.17) is 10.5 Å². The van der Waals surface area contributed by atoms with Gasteiger partial charge in [-0.2, -0.15) is 11.8 Å². The van der Waals surface area contributed by atoms with Gasteiger partial charge in [-0.3, -0.25) is 0 Å². The predicted molar refractivity (Wildman–Crippen MR) is 79.1 cm³/mol. The van der Waals surface area contributed by atoms with E-state index in [1.807, 2.05) is 18.2 Å². The summed E-state index contributed by atoms with van der Waals surface area (Å²) in [6.07, 6.45) is 0.753. The maximum atomic E-state index is 9.79. The lowest BCUT2D eigenvalue weighted by Gasteiger charge is -2.13. The number of nitrogens with two attached hydrogens (primary N) is 1. The van der Waals surface area contributed by atoms with Crippen LogP contribution in [0.5, 0.6) is 5.75 Å². The minimum atomic E-state index is -0.430. The molecule has 0 saturated carbocycles. The lowest BCUT2D eigenvalue weighted by Crippen LogP contribution is -2.20. The quantitative estimate of drug-likeness (QED) is 0.713. The van der Waals surface area contributed by atoms with Crippen molar-refractivity contribution in [1.29, 1.82) is 0 Å². The first kappa shape index (κ1) is 15.2. The molecule has 0 aliphatic rings. The van der Waals surface area contributed by atoms with Crippen LogP contribution in [-0.4, -0.2) is 29.3 Å². The summed E-state index contributed by atoms with van der Waals surface area (Å²) < 4.78 is 5.49. The third-order valence-corrected chi connectivity index (χ3v) is 4.14. The molecular weight excluding hydrogens is 246 g/mol. The fraction of sp³-hybridized carbons (Fsp3) is 0.571. The minimum absolute atomic E-state index is 0.316. The Labute approximate surface area is 114 Å². The Morgan fingerprint density at radius 2 is 2.17 bits per heavy atom. The van der Waals surface area contributed by atoms with Crippen LogP contribution in [0.1, 0.15) is 20.3 Å². The van der Waals surface area contributed by atoms with Crippen molar-refractivity contribution < 1.29 is 9.84 Å². The largest absolute Gasteiger partial charge is 0.491 e. The number of benzene rings is 1. The van der Waals surface area contributed by atoms with Gasteiger partial charge in [0.2, 0.25) is 0 Å². The van der Waals surface area contributed by atoms with Gasteiger partial charge in [-0.1, -0.05) is 26.3 Å². The molecule has 102 valence electrons. The van der Waals surface area contributed by atoms with Gasteiger partial charge in [-0.05, 0) is 23.8 Å². The molecule has 2 unspecified atom stereocenters. The molecule has 1 rings (SSSR count). The number of nitrogen functional groups attached to an aromatic ring is 1. The van der Waals surface area contributed by atoms with Crippen molar-refractivity contribution in [3.8, 4) is 5.75 Å². The van der Waals surface area contributed by atoms with Gasteiger partial charge in [-0.25, -0.2) is 0 Å². The van der Waals surface area contributed by atoms with Crippen LogP contribution in [-0.2, 0) is 0 Å². The van der Waals surface area contributed by atoms with Crippen LogP contribution in [0.2, 0.25) is 0 Å². The third kappa shape index (κ3) is 6.17. The van der Waals surface area contributed by atoms with Gasteiger partial charge in [0.05, 0.1) is 6.10 Å². The van der Waals surface area contributed by atoms with Gasteiger partial charge in [0, 0.05) is 17.5 Å². The Kier molecular flexibility index (Phi) is 6.98. The van der Waals surface area contributed by atoms with Gasteiger partial charge >= 0.3 is 0 Å². The van der Waals surface area contributed by atoms with Gasteiger partial charge < -0.3 is 15.6 Å². The maximum absolute atomic E-state index is 9.79. The van der Waals surface area contributed by atoms with Crippen molar-refractivity contribution in [2.45, 2.75) is 26.4 Å². The summed E-state index contributed by atoms with van der Waals surface area (Å²) in [4.78, 5) is 0. The van der Waals surface area contributed by atoms with Crippen LogP contribution in [0.3, 0.4) is 0 Å². The summed E-state index contributed by atoms with van der Waals surface area (Å²) in [5.41, 5.74) is 6.32. The second kappa shape index (κ2) is 8.27. The predicted octanol–water partition coefficient (Wildman–Crippen LogP) is 2.79. The smallest absolute Gasteiger partial charge is 0.121 e. The number of aliphatic hydroxyl groups excluding tert-OH is 1. The summed E-state index contributed by atoms with van der Waals surface area (Å²) in [7, 11) is 0. The zero-order valence-electron chi connectivity index (χ0n) is 11.1. The average molecular weight is 269 g/mol. The first-order valence-corrected chi connectivity index (χ1v) is 7.51. The molecule has 2 atom stereocenters. The summed E-state index contributed by atoms with van der Waals surface area (Å²) in [6, 6.07) is 7.26. The molecule has 0 aromatic heterocycles. The highest BCUT2D eigenvalue weighted by Crippen LogP contribution is 2.16. The van der Waals surface area contributed by atoms with Crippen LogP contribution < -0.4 is 10.5 Å². The van der Waals surface area contributed by atoms with Crippen molar-refractivity contribution in [2.24, 2.45) is 5.92 Å². The van der Waals surface area contributed by atoms with E-state index in [2.05, 4.69) is 13.8 Å². The van der Waals surface area contributed by atoms with E-state index in [0.717, 1.165) is 5.75 Å². The molecule has 3 nitrogen and oxygen atoms in total. The van der Waals surface area contributed by atoms with Crippen molar-refractivity contribution >= 4 is 17.4 Å². The number of thioether (sulfide) groups is 1. The highest BCUT2D eigenvalue weighted by Gasteiger charge is 2.07. The van der Waals surface area contributed by atoms with Crippen LogP contribution >= 0.6 is 11.8 Å². The molecule has 0 fully saturated rings. The van der Waals surface area contributed by atoms with E-state index < -0.39 is 6.10 Å². The third-order valence-electron chi connectivity index (χ3n) is 2.71. The molecule has 1 aromatic rings. The maximum Gasteiger partial charge on any atom is 0.121 e. The molecule has 0 bridgehead atoms. The van der Waals surface area contributed by atoms with E-state index in [0.29, 0.717) is 29.7 Å². The van der Waals surface area contributed by atoms with E-state index in [-0.39, 0.29) is 0 Å². The molecular formula is C14H23NO2S. The lowest BCUT2D eigenvalue weighted by molar-refractivity contribution is 0.126. The molecule has 4 heteroatoms. The topological polar surface area (TPSA) is 55.5 Å². The first-order valence-electron chi connectivity index (χ1n) is 6.36. The zero-order chi connectivity index (χ0) is 13.4. The van der Waals surface area contributed by atoms with Gasteiger partial charge in [0.1, 0.15) is 12.4 Å². The molecule has 0 saturated heterocycles. The summed E-state index contributed by atoms with van der Waals surface area (Å²) in [5, 5.41) is 9.79. The van der Waals surface area contributed by atoms with E-state index in [9.17, 15) is 5.11 Å². The summed E-state index contributed by atoms with van der Waals surface area (Å²) in [5.74, 6) is 3.22. The van der Waals surface area contributed by atoms with Crippen molar-refractivity contribution in [2.75, 3.05) is 23.8 Å². The lowest BCUT2D eigenvalue weighted by atomic mass is 10.2. The number of rotatable bonds is 8. The van der Waals surface area contributed by atoms with Gasteiger partial charge in [0.15, 0.2) is 0 Å². The monoisotopic (exact) mass is 269 g/mol. The average Bonchev–Trinajstić information content (AvgIpc) is 2.36. The normalized spacial score (nSPS) is 14.2. The summed E-state index contributed by atoms with van der Waals surface area (Å²) >= 11 is 1.78. The SMILES string of the molecule is CCC(C)CSCC(O)COc1cccc(N)c1. The van der Waals surface area contributed by atoms with Crippen molar-refractivity contribution in [3.05, 3.63) is 24.3 Å². The fourth-order valence-corrected chi connectivity index (χ4v) is 2.51. The fourth-order valence-electron chi connectivity index (χ4n) is 1.37. The molecule has 0 amide bonds. The highest BCUT2D eigenvalue weighted by molar-refractivity contribution is 7.99. The van der Waals surface area contributed by atoms with Gasteiger partial charge in [0.25, 0.3) is 0 Å². The van der Waals surface area contributed by atoms with Crippen LogP contribution in [0.15, 0.2) is 24.3 Å². The molecule has 0 aliphatic heterocycles. The Bertz CT molecular complexity index is 346. The minimum Gasteiger partial charge on any atom is -0.491 e. The van der Waals surface area contributed by atoms with Crippen molar-refractivity contribution in [1.82, 2.24) is 0 Å². The summed E-state index contributed by atoms with van der Waals surface area (Å²) in [6.45, 7) is 4.73. The second-order valence-electron chi connectivity index (χ2n) is 4.59. The second-order valence-corrected chi connectivity index (χ2v) is 5.66. The molecule has 1 aromatic carbocycles. The number of aliphatic hydroxyl groups is 1. The van der Waals surface area contributed by atoms with Crippen LogP contribution in [0.25, 0.3) is 0 Å². The van der Waals surface area contributed by atoms with Crippen molar-refractivity contribution in [3.63, 3.8) is 0 Å². The number of anilines is 1. The molecule has 0 aliphatic carbocycles. The van der Waals surface area contributed by atoms with Crippen LogP contribution in [0, 0.1) is 5.92 Å². The van der Waals surface area contributed by atoms with Crippen LogP contribution in [0.4, 0.5) is 5.69 Å². The Balaban J connectivity index is 2.19. The molecule has 0 spiro atoms. The Hall–Kier alpha value is -0.870. The number of hydrogen-bond acceptors (Lipinski definition) is 4. The van der Waals surface area contributed by atoms with E-state index in [1.165, 1.54) is 6.42 Å². The molecule has 0 radical (unpaired) electrons. The molecule has 0 heterocycles. The van der Waals surface area contributed by atoms with E-state index in [1.54, 1.807) is 17.8 Å². The standard InChI is InChI=1S/C14H23NO2S/c1-3-11(2)9-18-10-13(16)8-17-14-6-4-5-12(15)7-14/h4-7,11,13,16H,3,8-10,15H2,1-2H3. The zero-order valence-corrected chi connectivity index (χ0v) is 12.0. The Morgan fingerprint density at radius 1 is 1.39 bits per heavy atom. The highest BCUT2D eigenvalue weighted by atomic mass is 32.2.